The van der Waals surface area contributed by atoms with Crippen molar-refractivity contribution in [1.29, 1.82) is 0 Å². The third-order valence-corrected chi connectivity index (χ3v) is 3.69. The number of nitrogens with zero attached hydrogens (tertiary/aromatic N) is 1. The number of amides is 2. The summed E-state index contributed by atoms with van der Waals surface area (Å²) < 4.78 is 13.6. The maximum absolute atomic E-state index is 13.6. The average molecular weight is 292 g/mol. The van der Waals surface area contributed by atoms with Gasteiger partial charge in [0.1, 0.15) is 5.82 Å². The lowest BCUT2D eigenvalue weighted by molar-refractivity contribution is -0.126. The molecule has 1 aromatic carbocycles. The number of halogens is 1. The van der Waals surface area contributed by atoms with Gasteiger partial charge in [0, 0.05) is 25.0 Å². The summed E-state index contributed by atoms with van der Waals surface area (Å²) in [4.78, 5) is 25.8. The van der Waals surface area contributed by atoms with Gasteiger partial charge in [-0.15, -0.1) is 0 Å². The smallest absolute Gasteiger partial charge is 0.256 e. The van der Waals surface area contributed by atoms with Gasteiger partial charge in [0.2, 0.25) is 5.91 Å². The molecule has 0 unspecified atom stereocenters. The SMILES string of the molecule is CC(C)NC(=O)C1CCN(C(=O)c2ccccc2F)CC1. The molecule has 1 heterocycles. The molecule has 4 nitrogen and oxygen atoms in total. The van der Waals surface area contributed by atoms with Crippen LogP contribution in [0.5, 0.6) is 0 Å². The zero-order valence-corrected chi connectivity index (χ0v) is 12.4. The lowest BCUT2D eigenvalue weighted by atomic mass is 9.95. The zero-order valence-electron chi connectivity index (χ0n) is 12.4. The van der Waals surface area contributed by atoms with Crippen molar-refractivity contribution in [2.24, 2.45) is 5.92 Å². The molecule has 1 fully saturated rings. The first-order chi connectivity index (χ1) is 9.99. The Balaban J connectivity index is 1.94. The van der Waals surface area contributed by atoms with Crippen LogP contribution in [0.15, 0.2) is 24.3 Å². The van der Waals surface area contributed by atoms with E-state index in [2.05, 4.69) is 5.32 Å². The standard InChI is InChI=1S/C16H21FN2O2/c1-11(2)18-15(20)12-7-9-19(10-8-12)16(21)13-5-3-4-6-14(13)17/h3-6,11-12H,7-10H2,1-2H3,(H,18,20). The zero-order chi connectivity index (χ0) is 15.4. The minimum atomic E-state index is -0.498. The van der Waals surface area contributed by atoms with Crippen molar-refractivity contribution in [2.45, 2.75) is 32.7 Å². The number of rotatable bonds is 3. The molecule has 0 atom stereocenters. The van der Waals surface area contributed by atoms with E-state index in [1.165, 1.54) is 12.1 Å². The Hall–Kier alpha value is -1.91. The van der Waals surface area contributed by atoms with Crippen molar-refractivity contribution in [1.82, 2.24) is 10.2 Å². The first-order valence-corrected chi connectivity index (χ1v) is 7.33. The summed E-state index contributed by atoms with van der Waals surface area (Å²) >= 11 is 0. The molecule has 5 heteroatoms. The minimum absolute atomic E-state index is 0.0444. The van der Waals surface area contributed by atoms with E-state index in [1.54, 1.807) is 17.0 Å². The average Bonchev–Trinajstić information content (AvgIpc) is 2.46. The Morgan fingerprint density at radius 2 is 1.86 bits per heavy atom. The second-order valence-corrected chi connectivity index (χ2v) is 5.71. The third kappa shape index (κ3) is 3.80. The van der Waals surface area contributed by atoms with E-state index < -0.39 is 5.82 Å². The van der Waals surface area contributed by atoms with Crippen molar-refractivity contribution in [3.63, 3.8) is 0 Å². The van der Waals surface area contributed by atoms with Gasteiger partial charge in [-0.2, -0.15) is 0 Å². The second-order valence-electron chi connectivity index (χ2n) is 5.71. The number of carbonyl (C=O) groups is 2. The summed E-state index contributed by atoms with van der Waals surface area (Å²) in [5, 5.41) is 2.89. The van der Waals surface area contributed by atoms with E-state index in [9.17, 15) is 14.0 Å². The summed E-state index contributed by atoms with van der Waals surface area (Å²) in [5.74, 6) is -0.807. The number of hydrogen-bond acceptors (Lipinski definition) is 2. The Morgan fingerprint density at radius 1 is 1.24 bits per heavy atom. The largest absolute Gasteiger partial charge is 0.354 e. The van der Waals surface area contributed by atoms with Crippen molar-refractivity contribution >= 4 is 11.8 Å². The molecule has 0 spiro atoms. The number of likely N-dealkylation sites (tertiary alicyclic amines) is 1. The molecule has 1 aliphatic rings. The van der Waals surface area contributed by atoms with Crippen molar-refractivity contribution < 1.29 is 14.0 Å². The third-order valence-electron chi connectivity index (χ3n) is 3.69. The summed E-state index contributed by atoms with van der Waals surface area (Å²) in [6.07, 6.45) is 1.25. The van der Waals surface area contributed by atoms with Gasteiger partial charge in [-0.1, -0.05) is 12.1 Å². The van der Waals surface area contributed by atoms with Crippen LogP contribution in [0.3, 0.4) is 0 Å². The summed E-state index contributed by atoms with van der Waals surface area (Å²) in [6, 6.07) is 6.12. The lowest BCUT2D eigenvalue weighted by Crippen LogP contribution is -2.44. The van der Waals surface area contributed by atoms with Gasteiger partial charge < -0.3 is 10.2 Å². The van der Waals surface area contributed by atoms with Crippen LogP contribution in [-0.2, 0) is 4.79 Å². The minimum Gasteiger partial charge on any atom is -0.354 e. The normalized spacial score (nSPS) is 16.1. The predicted octanol–water partition coefficient (Wildman–Crippen LogP) is 2.20. The fourth-order valence-corrected chi connectivity index (χ4v) is 2.55. The molecular formula is C16H21FN2O2. The Labute approximate surface area is 124 Å². The maximum atomic E-state index is 13.6. The fraction of sp³-hybridized carbons (Fsp3) is 0.500. The molecule has 0 aliphatic carbocycles. The molecule has 114 valence electrons. The summed E-state index contributed by atoms with van der Waals surface area (Å²) in [5.41, 5.74) is 0.0996. The van der Waals surface area contributed by atoms with Gasteiger partial charge in [0.05, 0.1) is 5.56 Å². The molecule has 2 rings (SSSR count). The van der Waals surface area contributed by atoms with Crippen molar-refractivity contribution in [3.05, 3.63) is 35.6 Å². The highest BCUT2D eigenvalue weighted by atomic mass is 19.1. The van der Waals surface area contributed by atoms with Crippen molar-refractivity contribution in [2.75, 3.05) is 13.1 Å². The molecule has 21 heavy (non-hydrogen) atoms. The van der Waals surface area contributed by atoms with E-state index in [0.29, 0.717) is 25.9 Å². The van der Waals surface area contributed by atoms with Crippen LogP contribution in [0.2, 0.25) is 0 Å². The molecule has 1 saturated heterocycles. The van der Waals surface area contributed by atoms with E-state index in [1.807, 2.05) is 13.8 Å². The van der Waals surface area contributed by atoms with E-state index in [0.717, 1.165) is 0 Å². The summed E-state index contributed by atoms with van der Waals surface area (Å²) in [6.45, 7) is 4.83. The quantitative estimate of drug-likeness (QED) is 0.928. The van der Waals surface area contributed by atoms with Gasteiger partial charge in [-0.25, -0.2) is 4.39 Å². The monoisotopic (exact) mass is 292 g/mol. The number of carbonyl (C=O) groups excluding carboxylic acids is 2. The summed E-state index contributed by atoms with van der Waals surface area (Å²) in [7, 11) is 0. The van der Waals surface area contributed by atoms with Crippen LogP contribution in [0, 0.1) is 11.7 Å². The van der Waals surface area contributed by atoms with Crippen LogP contribution in [0.25, 0.3) is 0 Å². The maximum Gasteiger partial charge on any atom is 0.256 e. The molecule has 1 aliphatic heterocycles. The van der Waals surface area contributed by atoms with Crippen LogP contribution < -0.4 is 5.32 Å². The van der Waals surface area contributed by atoms with Gasteiger partial charge >= 0.3 is 0 Å². The Bertz CT molecular complexity index is 523. The van der Waals surface area contributed by atoms with Crippen molar-refractivity contribution in [3.8, 4) is 0 Å². The van der Waals surface area contributed by atoms with Gasteiger partial charge in [-0.3, -0.25) is 9.59 Å². The second kappa shape index (κ2) is 6.70. The molecule has 0 saturated carbocycles. The number of benzene rings is 1. The first-order valence-electron chi connectivity index (χ1n) is 7.33. The Kier molecular flexibility index (Phi) is 4.94. The fourth-order valence-electron chi connectivity index (χ4n) is 2.55. The Morgan fingerprint density at radius 3 is 2.43 bits per heavy atom. The van der Waals surface area contributed by atoms with Crippen LogP contribution >= 0.6 is 0 Å². The number of hydrogen-bond donors (Lipinski definition) is 1. The topological polar surface area (TPSA) is 49.4 Å². The molecular weight excluding hydrogens is 271 g/mol. The van der Waals surface area contributed by atoms with E-state index in [4.69, 9.17) is 0 Å². The number of nitrogens with one attached hydrogen (secondary N) is 1. The van der Waals surface area contributed by atoms with Crippen LogP contribution in [-0.4, -0.2) is 35.8 Å². The van der Waals surface area contributed by atoms with E-state index in [-0.39, 0.29) is 29.3 Å². The van der Waals surface area contributed by atoms with Gasteiger partial charge in [0.25, 0.3) is 5.91 Å². The molecule has 1 N–H and O–H groups in total. The highest BCUT2D eigenvalue weighted by Gasteiger charge is 2.28. The van der Waals surface area contributed by atoms with Crippen LogP contribution in [0.1, 0.15) is 37.0 Å². The lowest BCUT2D eigenvalue weighted by Gasteiger charge is -2.31. The first kappa shape index (κ1) is 15.5. The van der Waals surface area contributed by atoms with E-state index >= 15 is 0 Å². The highest BCUT2D eigenvalue weighted by molar-refractivity contribution is 5.94. The van der Waals surface area contributed by atoms with Gasteiger partial charge in [0.15, 0.2) is 0 Å². The predicted molar refractivity (Wildman–Crippen MR) is 78.3 cm³/mol. The van der Waals surface area contributed by atoms with Crippen LogP contribution in [0.4, 0.5) is 4.39 Å². The van der Waals surface area contributed by atoms with Gasteiger partial charge in [-0.05, 0) is 38.8 Å². The number of piperidine rings is 1. The molecule has 2 amide bonds. The molecule has 0 radical (unpaired) electrons. The highest BCUT2D eigenvalue weighted by Crippen LogP contribution is 2.20. The molecule has 0 aromatic heterocycles. The molecule has 0 bridgehead atoms. The molecule has 1 aromatic rings.